The van der Waals surface area contributed by atoms with Crippen molar-refractivity contribution in [3.63, 3.8) is 0 Å². The molecule has 12 aromatic rings. The predicted molar refractivity (Wildman–Crippen MR) is 310 cm³/mol. The molecule has 0 aliphatic heterocycles. The van der Waals surface area contributed by atoms with E-state index >= 15 is 26.3 Å². The van der Waals surface area contributed by atoms with Gasteiger partial charge in [-0.2, -0.15) is 68.4 Å². The van der Waals surface area contributed by atoms with Crippen LogP contribution >= 0.6 is 0 Å². The van der Waals surface area contributed by atoms with Gasteiger partial charge in [0.15, 0.2) is 0 Å². The molecule has 0 saturated heterocycles. The van der Waals surface area contributed by atoms with Gasteiger partial charge < -0.3 is 9.13 Å². The number of alkyl halides is 6. The van der Waals surface area contributed by atoms with Gasteiger partial charge in [0.25, 0.3) is 0 Å². The minimum Gasteiger partial charge on any atom is -0.309 e. The van der Waals surface area contributed by atoms with Gasteiger partial charge in [0.1, 0.15) is 0 Å². The first-order chi connectivity index (χ1) is 41.5. The SMILES string of the molecule is N#Cc1ccc(-c2ccc3c4ccc(-c5ccc(C#N)cc5C#N)cc4n(-c4cc(C(F)(F)F)c(-n5c6cc(-c7ccc(C#N)cc7C#N)ccc6c6ccc(-c7ccc(C#N)cc7C#N)cc65)cc4-c4cccc(C(F)(F)F)c4)c3c2)c(C#N)c1. The number of halogens is 6. The van der Waals surface area contributed by atoms with E-state index in [0.29, 0.717) is 66.1 Å². The molecule has 2 aromatic heterocycles. The Morgan fingerprint density at radius 1 is 0.279 bits per heavy atom. The minimum atomic E-state index is -5.25. The maximum Gasteiger partial charge on any atom is 0.418 e. The third-order valence-corrected chi connectivity index (χ3v) is 15.3. The zero-order valence-corrected chi connectivity index (χ0v) is 44.1. The van der Waals surface area contributed by atoms with Crippen LogP contribution in [0.15, 0.2) is 182 Å². The molecule has 0 aliphatic rings. The fourth-order valence-corrected chi connectivity index (χ4v) is 11.3. The van der Waals surface area contributed by atoms with Gasteiger partial charge in [-0.3, -0.25) is 0 Å². The largest absolute Gasteiger partial charge is 0.418 e. The monoisotopic (exact) mass is 1120 g/mol. The van der Waals surface area contributed by atoms with E-state index in [-0.39, 0.29) is 83.4 Å². The van der Waals surface area contributed by atoms with Gasteiger partial charge in [-0.05, 0) is 147 Å². The van der Waals surface area contributed by atoms with Crippen LogP contribution in [-0.4, -0.2) is 9.13 Å². The van der Waals surface area contributed by atoms with Gasteiger partial charge in [-0.25, -0.2) is 0 Å². The van der Waals surface area contributed by atoms with Gasteiger partial charge in [0, 0.05) is 27.1 Å². The molecule has 10 aromatic carbocycles. The summed E-state index contributed by atoms with van der Waals surface area (Å²) < 4.78 is 98.7. The highest BCUT2D eigenvalue weighted by Gasteiger charge is 2.38. The molecule has 12 rings (SSSR count). The Morgan fingerprint density at radius 2 is 0.605 bits per heavy atom. The molecule has 0 unspecified atom stereocenters. The highest BCUT2D eigenvalue weighted by Crippen LogP contribution is 2.48. The molecule has 10 nitrogen and oxygen atoms in total. The second-order valence-electron chi connectivity index (χ2n) is 20.0. The molecule has 0 amide bonds. The lowest BCUT2D eigenvalue weighted by atomic mass is 9.96. The topological polar surface area (TPSA) is 200 Å². The highest BCUT2D eigenvalue weighted by molar-refractivity contribution is 6.13. The zero-order valence-electron chi connectivity index (χ0n) is 44.1. The molecular formula is C70H30F6N10. The lowest BCUT2D eigenvalue weighted by molar-refractivity contribution is -0.138. The molecular weight excluding hydrogens is 1090 g/mol. The summed E-state index contributed by atoms with van der Waals surface area (Å²) in [6.45, 7) is 0. The molecule has 86 heavy (non-hydrogen) atoms. The lowest BCUT2D eigenvalue weighted by Crippen LogP contribution is -2.13. The van der Waals surface area contributed by atoms with E-state index in [1.807, 2.05) is 24.3 Å². The van der Waals surface area contributed by atoms with Crippen molar-refractivity contribution in [2.45, 2.75) is 12.4 Å². The highest BCUT2D eigenvalue weighted by atomic mass is 19.4. The van der Waals surface area contributed by atoms with E-state index in [4.69, 9.17) is 0 Å². The van der Waals surface area contributed by atoms with E-state index in [1.165, 1.54) is 69.8 Å². The molecule has 0 saturated carbocycles. The van der Waals surface area contributed by atoms with Crippen LogP contribution in [0.4, 0.5) is 26.3 Å². The smallest absolute Gasteiger partial charge is 0.309 e. The van der Waals surface area contributed by atoms with Crippen molar-refractivity contribution >= 4 is 43.6 Å². The van der Waals surface area contributed by atoms with Crippen LogP contribution < -0.4 is 0 Å². The van der Waals surface area contributed by atoms with E-state index in [1.54, 1.807) is 97.1 Å². The van der Waals surface area contributed by atoms with Crippen molar-refractivity contribution < 1.29 is 26.3 Å². The van der Waals surface area contributed by atoms with Crippen LogP contribution in [0.2, 0.25) is 0 Å². The summed E-state index contributed by atoms with van der Waals surface area (Å²) >= 11 is 0. The average molecular weight is 1130 g/mol. The van der Waals surface area contributed by atoms with Crippen LogP contribution in [0.1, 0.15) is 55.6 Å². The molecule has 0 N–H and O–H groups in total. The van der Waals surface area contributed by atoms with Crippen LogP contribution in [0, 0.1) is 90.6 Å². The number of benzene rings is 10. The number of hydrogen-bond donors (Lipinski definition) is 0. The van der Waals surface area contributed by atoms with Crippen LogP contribution in [0.3, 0.4) is 0 Å². The normalized spacial score (nSPS) is 11.3. The molecule has 0 atom stereocenters. The third-order valence-electron chi connectivity index (χ3n) is 15.3. The third kappa shape index (κ3) is 9.05. The predicted octanol–water partition coefficient (Wildman–Crippen LogP) is 17.2. The van der Waals surface area contributed by atoms with Gasteiger partial charge in [0.05, 0.1) is 138 Å². The number of nitriles is 8. The number of aromatic nitrogens is 2. The first kappa shape index (κ1) is 53.9. The van der Waals surface area contributed by atoms with Gasteiger partial charge >= 0.3 is 12.4 Å². The molecule has 402 valence electrons. The molecule has 0 fully saturated rings. The van der Waals surface area contributed by atoms with E-state index < -0.39 is 29.2 Å². The summed E-state index contributed by atoms with van der Waals surface area (Å²) in [5.74, 6) is 0. The Balaban J connectivity index is 1.25. The second kappa shape index (κ2) is 20.7. The number of fused-ring (bicyclic) bond motifs is 6. The Morgan fingerprint density at radius 3 is 0.907 bits per heavy atom. The van der Waals surface area contributed by atoms with Crippen molar-refractivity contribution in [2.75, 3.05) is 0 Å². The van der Waals surface area contributed by atoms with Crippen molar-refractivity contribution in [1.29, 1.82) is 42.1 Å². The van der Waals surface area contributed by atoms with Crippen molar-refractivity contribution in [3.05, 3.63) is 238 Å². The van der Waals surface area contributed by atoms with Gasteiger partial charge in [0.2, 0.25) is 0 Å². The summed E-state index contributed by atoms with van der Waals surface area (Å²) in [5.41, 5.74) is 1.46. The summed E-state index contributed by atoms with van der Waals surface area (Å²) in [7, 11) is 0. The second-order valence-corrected chi connectivity index (χ2v) is 20.0. The Hall–Kier alpha value is -12.7. The molecule has 0 aliphatic carbocycles. The molecule has 16 heteroatoms. The van der Waals surface area contributed by atoms with Crippen LogP contribution in [0.5, 0.6) is 0 Å². The summed E-state index contributed by atoms with van der Waals surface area (Å²) in [6.07, 6.45) is -10.2. The number of hydrogen-bond acceptors (Lipinski definition) is 8. The van der Waals surface area contributed by atoms with Crippen LogP contribution in [-0.2, 0) is 12.4 Å². The summed E-state index contributed by atoms with van der Waals surface area (Å²) in [4.78, 5) is 0. The summed E-state index contributed by atoms with van der Waals surface area (Å²) in [5, 5.41) is 82.0. The summed E-state index contributed by atoms with van der Waals surface area (Å²) in [6, 6.07) is 60.5. The van der Waals surface area contributed by atoms with Crippen molar-refractivity contribution in [2.24, 2.45) is 0 Å². The van der Waals surface area contributed by atoms with Gasteiger partial charge in [-0.1, -0.05) is 84.9 Å². The molecule has 2 heterocycles. The average Bonchev–Trinajstić information content (AvgIpc) is 2.10. The maximum absolute atomic E-state index is 16.9. The van der Waals surface area contributed by atoms with Crippen molar-refractivity contribution in [3.8, 4) is 116 Å². The first-order valence-electron chi connectivity index (χ1n) is 25.9. The van der Waals surface area contributed by atoms with Gasteiger partial charge in [-0.15, -0.1) is 0 Å². The van der Waals surface area contributed by atoms with E-state index in [2.05, 4.69) is 24.3 Å². The van der Waals surface area contributed by atoms with Crippen molar-refractivity contribution in [1.82, 2.24) is 9.13 Å². The number of rotatable bonds is 7. The molecule has 0 bridgehead atoms. The van der Waals surface area contributed by atoms with Crippen LogP contribution in [0.25, 0.3) is 111 Å². The Labute approximate surface area is 484 Å². The minimum absolute atomic E-state index is 0.0916. The Kier molecular flexibility index (Phi) is 13.0. The van der Waals surface area contributed by atoms with E-state index in [9.17, 15) is 42.1 Å². The lowest BCUT2D eigenvalue weighted by Gasteiger charge is -2.23. The zero-order chi connectivity index (χ0) is 60.3. The standard InChI is InChI=1S/C70H30F6N10/c71-69(72,73)52-3-1-2-43(24-52)61-29-68(86-65-27-46(55-14-6-41(33-79)22-50(55)37-83)10-18-59(65)60-19-11-47(28-66(60)86)56-15-7-42(34-80)23-51(56)38-84)62(70(74,75)76)30-67(61)85-63-25-44(53-12-4-39(31-77)20-48(53)35-81)8-16-57(63)58-17-9-45(26-64(58)85)54-13-5-40(32-78)21-49(54)36-82/h1-30H. The molecule has 0 spiro atoms. The Bertz CT molecular complexity index is 5070. The van der Waals surface area contributed by atoms with E-state index in [0.717, 1.165) is 24.3 Å². The first-order valence-corrected chi connectivity index (χ1v) is 25.9. The number of nitrogens with zero attached hydrogens (tertiary/aromatic N) is 10. The molecule has 0 radical (unpaired) electrons. The fraction of sp³-hybridized carbons (Fsp3) is 0.0286. The fourth-order valence-electron chi connectivity index (χ4n) is 11.3. The maximum atomic E-state index is 16.9. The quantitative estimate of drug-likeness (QED) is 0.140.